The number of aryl methyl sites for hydroxylation is 1. The molecule has 0 aromatic heterocycles. The van der Waals surface area contributed by atoms with Gasteiger partial charge >= 0.3 is 0 Å². The molecule has 0 saturated heterocycles. The first kappa shape index (κ1) is 25.6. The number of rotatable bonds is 5. The third-order valence-corrected chi connectivity index (χ3v) is 8.01. The number of hydrogen-bond acceptors (Lipinski definition) is 0. The van der Waals surface area contributed by atoms with Gasteiger partial charge in [-0.2, -0.15) is 0 Å². The number of benzene rings is 6. The molecule has 0 atom stereocenters. The van der Waals surface area contributed by atoms with Crippen LogP contribution in [-0.2, 0) is 0 Å². The van der Waals surface area contributed by atoms with E-state index in [1.54, 1.807) is 0 Å². The zero-order valence-corrected chi connectivity index (χ0v) is 24.7. The molecule has 0 fully saturated rings. The van der Waals surface area contributed by atoms with Gasteiger partial charge in [-0.15, -0.1) is 0 Å². The summed E-state index contributed by atoms with van der Waals surface area (Å²) in [6.07, 6.45) is 0. The summed E-state index contributed by atoms with van der Waals surface area (Å²) in [4.78, 5) is 0. The van der Waals surface area contributed by atoms with Gasteiger partial charge in [-0.1, -0.05) is 122 Å². The van der Waals surface area contributed by atoms with Crippen molar-refractivity contribution in [3.05, 3.63) is 154 Å². The lowest BCUT2D eigenvalue weighted by Gasteiger charge is -2.13. The molecule has 39 heavy (non-hydrogen) atoms. The summed E-state index contributed by atoms with van der Waals surface area (Å²) < 4.78 is 2.15. The van der Waals surface area contributed by atoms with E-state index in [1.165, 1.54) is 61.2 Å². The van der Waals surface area contributed by atoms with Gasteiger partial charge in [0.1, 0.15) is 0 Å². The molecule has 0 aliphatic carbocycles. The Labute approximate surface area is 247 Å². The van der Waals surface area contributed by atoms with E-state index in [9.17, 15) is 0 Å². The van der Waals surface area contributed by atoms with Crippen molar-refractivity contribution in [3.8, 4) is 55.6 Å². The van der Waals surface area contributed by atoms with E-state index in [1.807, 2.05) is 0 Å². The molecule has 0 aliphatic heterocycles. The molecule has 0 amide bonds. The summed E-state index contributed by atoms with van der Waals surface area (Å²) in [5, 5.41) is 0. The van der Waals surface area contributed by atoms with Gasteiger partial charge in [0.15, 0.2) is 0 Å². The maximum atomic E-state index is 3.65. The van der Waals surface area contributed by atoms with Crippen molar-refractivity contribution >= 4 is 31.9 Å². The Morgan fingerprint density at radius 2 is 0.615 bits per heavy atom. The molecule has 6 aromatic rings. The predicted octanol–water partition coefficient (Wildman–Crippen LogP) is 11.9. The van der Waals surface area contributed by atoms with E-state index in [2.05, 4.69) is 178 Å². The van der Waals surface area contributed by atoms with Gasteiger partial charge in [-0.05, 0) is 117 Å². The first-order valence-corrected chi connectivity index (χ1v) is 14.6. The smallest absolute Gasteiger partial charge is 0.0181 e. The Balaban J connectivity index is 1.45. The van der Waals surface area contributed by atoms with Crippen molar-refractivity contribution in [1.29, 1.82) is 0 Å². The van der Waals surface area contributed by atoms with E-state index in [4.69, 9.17) is 0 Å². The van der Waals surface area contributed by atoms with Crippen LogP contribution in [0, 0.1) is 6.92 Å². The third kappa shape index (κ3) is 5.83. The molecule has 0 nitrogen and oxygen atoms in total. The molecule has 188 valence electrons. The van der Waals surface area contributed by atoms with Crippen molar-refractivity contribution in [2.24, 2.45) is 0 Å². The highest BCUT2D eigenvalue weighted by molar-refractivity contribution is 9.10. The van der Waals surface area contributed by atoms with Crippen molar-refractivity contribution in [2.75, 3.05) is 0 Å². The first-order valence-electron chi connectivity index (χ1n) is 13.0. The first-order chi connectivity index (χ1) is 19.0. The molecule has 0 N–H and O–H groups in total. The fraction of sp³-hybridized carbons (Fsp3) is 0.0270. The van der Waals surface area contributed by atoms with Crippen molar-refractivity contribution in [2.45, 2.75) is 6.92 Å². The van der Waals surface area contributed by atoms with Crippen LogP contribution in [0.2, 0.25) is 0 Å². The van der Waals surface area contributed by atoms with E-state index in [0.29, 0.717) is 0 Å². The number of halogens is 2. The lowest BCUT2D eigenvalue weighted by Crippen LogP contribution is -1.88. The standard InChI is InChI=1S/C37H26Br2/c1-25-14-16-26(17-15-25)27-6-2-7-28(18-27)29-8-3-9-30(19-29)33-20-34(31-10-4-12-36(38)23-31)22-35(21-33)32-11-5-13-37(39)24-32/h2-24H,1H3. The van der Waals surface area contributed by atoms with E-state index in [-0.39, 0.29) is 0 Å². The average molecular weight is 630 g/mol. The highest BCUT2D eigenvalue weighted by Crippen LogP contribution is 2.36. The van der Waals surface area contributed by atoms with Crippen molar-refractivity contribution in [3.63, 3.8) is 0 Å². The zero-order chi connectivity index (χ0) is 26.8. The van der Waals surface area contributed by atoms with Gasteiger partial charge in [-0.25, -0.2) is 0 Å². The summed E-state index contributed by atoms with van der Waals surface area (Å²) in [6, 6.07) is 50.3. The summed E-state index contributed by atoms with van der Waals surface area (Å²) in [6.45, 7) is 2.12. The average Bonchev–Trinajstić information content (AvgIpc) is 2.97. The van der Waals surface area contributed by atoms with Crippen LogP contribution in [0.4, 0.5) is 0 Å². The molecule has 0 spiro atoms. The molecule has 0 heterocycles. The van der Waals surface area contributed by atoms with Gasteiger partial charge in [0.05, 0.1) is 0 Å². The van der Waals surface area contributed by atoms with Crippen molar-refractivity contribution in [1.82, 2.24) is 0 Å². The fourth-order valence-electron chi connectivity index (χ4n) is 4.97. The highest BCUT2D eigenvalue weighted by atomic mass is 79.9. The van der Waals surface area contributed by atoms with E-state index in [0.717, 1.165) is 8.95 Å². The van der Waals surface area contributed by atoms with Gasteiger partial charge in [0, 0.05) is 8.95 Å². The maximum absolute atomic E-state index is 3.65. The minimum Gasteiger partial charge on any atom is -0.0610 e. The predicted molar refractivity (Wildman–Crippen MR) is 174 cm³/mol. The molecule has 0 radical (unpaired) electrons. The van der Waals surface area contributed by atoms with Crippen LogP contribution in [0.15, 0.2) is 148 Å². The Bertz CT molecular complexity index is 1720. The van der Waals surface area contributed by atoms with Crippen LogP contribution in [0.3, 0.4) is 0 Å². The molecule has 6 rings (SSSR count). The second-order valence-electron chi connectivity index (χ2n) is 9.85. The second-order valence-corrected chi connectivity index (χ2v) is 11.7. The summed E-state index contributed by atoms with van der Waals surface area (Å²) in [5.74, 6) is 0. The Morgan fingerprint density at radius 3 is 1.03 bits per heavy atom. The van der Waals surface area contributed by atoms with Crippen LogP contribution in [-0.4, -0.2) is 0 Å². The zero-order valence-electron chi connectivity index (χ0n) is 21.5. The van der Waals surface area contributed by atoms with Crippen LogP contribution in [0.1, 0.15) is 5.56 Å². The molecule has 6 aromatic carbocycles. The second kappa shape index (κ2) is 11.2. The number of hydrogen-bond donors (Lipinski definition) is 0. The molecule has 2 heteroatoms. The van der Waals surface area contributed by atoms with Crippen LogP contribution < -0.4 is 0 Å². The van der Waals surface area contributed by atoms with E-state index < -0.39 is 0 Å². The summed E-state index contributed by atoms with van der Waals surface area (Å²) in [5.41, 5.74) is 13.3. The molecule has 0 bridgehead atoms. The lowest BCUT2D eigenvalue weighted by atomic mass is 9.92. The SMILES string of the molecule is Cc1ccc(-c2cccc(-c3cccc(-c4cc(-c5cccc(Br)c5)cc(-c5cccc(Br)c5)c4)c3)c2)cc1. The van der Waals surface area contributed by atoms with Gasteiger partial charge in [0.25, 0.3) is 0 Å². The van der Waals surface area contributed by atoms with Crippen LogP contribution in [0.25, 0.3) is 55.6 Å². The summed E-state index contributed by atoms with van der Waals surface area (Å²) >= 11 is 7.30. The molecule has 0 saturated carbocycles. The Morgan fingerprint density at radius 1 is 0.308 bits per heavy atom. The maximum Gasteiger partial charge on any atom is 0.0181 e. The molecular formula is C37H26Br2. The third-order valence-electron chi connectivity index (χ3n) is 7.03. The monoisotopic (exact) mass is 628 g/mol. The largest absolute Gasteiger partial charge is 0.0610 e. The lowest BCUT2D eigenvalue weighted by molar-refractivity contribution is 1.47. The minimum absolute atomic E-state index is 1.07. The van der Waals surface area contributed by atoms with Crippen LogP contribution in [0.5, 0.6) is 0 Å². The summed E-state index contributed by atoms with van der Waals surface area (Å²) in [7, 11) is 0. The fourth-order valence-corrected chi connectivity index (χ4v) is 5.76. The van der Waals surface area contributed by atoms with Gasteiger partial charge < -0.3 is 0 Å². The minimum atomic E-state index is 1.07. The molecule has 0 unspecified atom stereocenters. The van der Waals surface area contributed by atoms with Crippen molar-refractivity contribution < 1.29 is 0 Å². The topological polar surface area (TPSA) is 0 Å². The quantitative estimate of drug-likeness (QED) is 0.178. The van der Waals surface area contributed by atoms with E-state index >= 15 is 0 Å². The van der Waals surface area contributed by atoms with Gasteiger partial charge in [0.2, 0.25) is 0 Å². The Hall–Kier alpha value is -3.72. The van der Waals surface area contributed by atoms with Crippen LogP contribution >= 0.6 is 31.9 Å². The van der Waals surface area contributed by atoms with Gasteiger partial charge in [-0.3, -0.25) is 0 Å². The normalized spacial score (nSPS) is 10.9. The molecular weight excluding hydrogens is 604 g/mol. The Kier molecular flexibility index (Phi) is 7.32. The molecule has 0 aliphatic rings. The highest BCUT2D eigenvalue weighted by Gasteiger charge is 2.10.